The second kappa shape index (κ2) is 8.91. The smallest absolute Gasteiger partial charge is 0.271 e. The van der Waals surface area contributed by atoms with Crippen LogP contribution >= 0.6 is 15.9 Å². The monoisotopic (exact) mass is 573 g/mol. The average Bonchev–Trinajstić information content (AvgIpc) is 3.40. The van der Waals surface area contributed by atoms with Gasteiger partial charge in [0, 0.05) is 23.9 Å². The highest BCUT2D eigenvalue weighted by Crippen LogP contribution is 2.54. The van der Waals surface area contributed by atoms with Gasteiger partial charge in [0.25, 0.3) is 5.69 Å². The van der Waals surface area contributed by atoms with Gasteiger partial charge in [-0.05, 0) is 57.4 Å². The molecule has 6 rings (SSSR count). The Hall–Kier alpha value is -4.31. The van der Waals surface area contributed by atoms with Crippen LogP contribution in [0.3, 0.4) is 0 Å². The maximum absolute atomic E-state index is 14.0. The lowest BCUT2D eigenvalue weighted by atomic mass is 9.83. The number of fused-ring (bicyclic) bond motifs is 5. The van der Waals surface area contributed by atoms with Gasteiger partial charge in [-0.15, -0.1) is 0 Å². The predicted molar refractivity (Wildman–Crippen MR) is 141 cm³/mol. The molecule has 0 saturated carbocycles. The number of nitrogens with zero attached hydrogens (tertiary/aromatic N) is 3. The van der Waals surface area contributed by atoms with Crippen molar-refractivity contribution in [1.29, 1.82) is 0 Å². The zero-order chi connectivity index (χ0) is 26.7. The zero-order valence-corrected chi connectivity index (χ0v) is 21.6. The lowest BCUT2D eigenvalue weighted by molar-refractivity contribution is -0.384. The summed E-state index contributed by atoms with van der Waals surface area (Å²) in [7, 11) is 1.52. The number of carbonyl (C=O) groups excluding carboxylic acids is 3. The number of nitro groups is 1. The van der Waals surface area contributed by atoms with Gasteiger partial charge in [-0.1, -0.05) is 30.3 Å². The first kappa shape index (κ1) is 24.1. The van der Waals surface area contributed by atoms with E-state index in [4.69, 9.17) is 4.74 Å². The van der Waals surface area contributed by atoms with Crippen LogP contribution in [0.5, 0.6) is 5.75 Å². The Morgan fingerprint density at radius 2 is 1.76 bits per heavy atom. The molecule has 2 saturated heterocycles. The molecule has 10 heteroatoms. The zero-order valence-electron chi connectivity index (χ0n) is 20.0. The Bertz CT molecular complexity index is 1570. The van der Waals surface area contributed by atoms with Crippen molar-refractivity contribution >= 4 is 51.0 Å². The molecule has 0 N–H and O–H groups in total. The Kier molecular flexibility index (Phi) is 5.64. The van der Waals surface area contributed by atoms with E-state index in [1.54, 1.807) is 24.4 Å². The number of carbonyl (C=O) groups is 3. The molecule has 3 aliphatic heterocycles. The van der Waals surface area contributed by atoms with Crippen molar-refractivity contribution in [2.75, 3.05) is 12.0 Å². The Labute approximate surface area is 225 Å². The number of benzene rings is 3. The van der Waals surface area contributed by atoms with E-state index in [1.807, 2.05) is 35.2 Å². The minimum atomic E-state index is -0.976. The van der Waals surface area contributed by atoms with Gasteiger partial charge in [0.1, 0.15) is 11.8 Å². The summed E-state index contributed by atoms with van der Waals surface area (Å²) in [5.41, 5.74) is 2.00. The molecule has 0 bridgehead atoms. The number of methoxy groups -OCH3 is 1. The first-order valence-electron chi connectivity index (χ1n) is 11.9. The van der Waals surface area contributed by atoms with Crippen molar-refractivity contribution < 1.29 is 24.0 Å². The number of Topliss-reactive ketones (excluding diaryl/α,β-unsaturated/α-hetero) is 1. The van der Waals surface area contributed by atoms with Gasteiger partial charge in [-0.25, -0.2) is 4.90 Å². The highest BCUT2D eigenvalue weighted by Gasteiger charge is 2.64. The first-order valence-corrected chi connectivity index (χ1v) is 12.7. The van der Waals surface area contributed by atoms with Gasteiger partial charge in [-0.2, -0.15) is 0 Å². The molecule has 190 valence electrons. The largest absolute Gasteiger partial charge is 0.496 e. The van der Waals surface area contributed by atoms with E-state index in [-0.39, 0.29) is 17.2 Å². The number of non-ortho nitro benzene ring substituents is 1. The number of rotatable bonds is 5. The second-order valence-electron chi connectivity index (χ2n) is 9.34. The summed E-state index contributed by atoms with van der Waals surface area (Å²) in [5, 5.41) is 11.4. The lowest BCUT2D eigenvalue weighted by Crippen LogP contribution is -2.44. The van der Waals surface area contributed by atoms with Gasteiger partial charge in [0.2, 0.25) is 11.8 Å². The fourth-order valence-electron chi connectivity index (χ4n) is 5.85. The normalized spacial score (nSPS) is 23.2. The van der Waals surface area contributed by atoms with E-state index in [0.717, 1.165) is 16.0 Å². The summed E-state index contributed by atoms with van der Waals surface area (Å²) in [5.74, 6) is -2.60. The van der Waals surface area contributed by atoms with Crippen molar-refractivity contribution in [3.8, 4) is 5.75 Å². The molecule has 0 spiro atoms. The number of hydrogen-bond donors (Lipinski definition) is 0. The second-order valence-corrected chi connectivity index (χ2v) is 10.2. The molecule has 9 nitrogen and oxygen atoms in total. The summed E-state index contributed by atoms with van der Waals surface area (Å²) in [6.45, 7) is 0. The van der Waals surface area contributed by atoms with E-state index in [9.17, 15) is 24.5 Å². The highest BCUT2D eigenvalue weighted by molar-refractivity contribution is 9.10. The SMILES string of the molecule is COc1ccc(C(=O)[C@H]2[C@H]3C(=O)N(c4cccc([N+](=O)[O-])c4)C(=O)[C@H]3[C@@H]3c4ccccc4C=CN23)cc1Br. The molecule has 38 heavy (non-hydrogen) atoms. The molecule has 2 fully saturated rings. The van der Waals surface area contributed by atoms with Crippen molar-refractivity contribution in [2.45, 2.75) is 12.1 Å². The standard InChI is InChI=1S/C28H20BrN3O6/c1-38-21-10-9-16(13-20(21)29)26(33)25-23-22(24-19-8-3-2-5-15(19)11-12-30(24)25)27(34)31(28(23)35)17-6-4-7-18(14-17)32(36)37/h2-14,22-25H,1H3/t22-,23+,24+,25-/m1/s1. The fraction of sp³-hybridized carbons (Fsp3) is 0.179. The maximum Gasteiger partial charge on any atom is 0.271 e. The average molecular weight is 574 g/mol. The minimum Gasteiger partial charge on any atom is -0.496 e. The molecule has 3 aromatic rings. The van der Waals surface area contributed by atoms with Crippen molar-refractivity contribution in [3.05, 3.63) is 104 Å². The Morgan fingerprint density at radius 3 is 2.50 bits per heavy atom. The van der Waals surface area contributed by atoms with Crippen LogP contribution in [-0.2, 0) is 9.59 Å². The van der Waals surface area contributed by atoms with Crippen LogP contribution in [0, 0.1) is 22.0 Å². The molecule has 0 radical (unpaired) electrons. The van der Waals surface area contributed by atoms with Crippen molar-refractivity contribution in [3.63, 3.8) is 0 Å². The third-order valence-corrected chi connectivity index (χ3v) is 8.08. The Morgan fingerprint density at radius 1 is 1.00 bits per heavy atom. The summed E-state index contributed by atoms with van der Waals surface area (Å²) >= 11 is 3.42. The van der Waals surface area contributed by atoms with E-state index in [1.165, 1.54) is 31.4 Å². The summed E-state index contributed by atoms with van der Waals surface area (Å²) in [6, 6.07) is 16.5. The molecule has 3 aromatic carbocycles. The van der Waals surface area contributed by atoms with E-state index in [0.29, 0.717) is 15.8 Å². The van der Waals surface area contributed by atoms with E-state index in [2.05, 4.69) is 15.9 Å². The summed E-state index contributed by atoms with van der Waals surface area (Å²) in [6.07, 6.45) is 3.66. The first-order chi connectivity index (χ1) is 18.3. The predicted octanol–water partition coefficient (Wildman–Crippen LogP) is 4.76. The summed E-state index contributed by atoms with van der Waals surface area (Å²) < 4.78 is 5.87. The van der Waals surface area contributed by atoms with Crippen molar-refractivity contribution in [2.24, 2.45) is 11.8 Å². The van der Waals surface area contributed by atoms with E-state index >= 15 is 0 Å². The highest BCUT2D eigenvalue weighted by atomic mass is 79.9. The summed E-state index contributed by atoms with van der Waals surface area (Å²) in [4.78, 5) is 55.5. The molecule has 0 aromatic heterocycles. The van der Waals surface area contributed by atoms with Crippen LogP contribution in [0.4, 0.5) is 11.4 Å². The molecule has 2 amide bonds. The van der Waals surface area contributed by atoms with Crippen LogP contribution in [-0.4, -0.2) is 40.6 Å². The van der Waals surface area contributed by atoms with Gasteiger partial charge in [0.15, 0.2) is 5.78 Å². The molecule has 3 heterocycles. The molecule has 3 aliphatic rings. The number of amides is 2. The number of halogens is 1. The fourth-order valence-corrected chi connectivity index (χ4v) is 6.39. The number of nitro benzene ring substituents is 1. The van der Waals surface area contributed by atoms with Gasteiger partial charge >= 0.3 is 0 Å². The Balaban J connectivity index is 1.48. The van der Waals surface area contributed by atoms with Gasteiger partial charge in [0.05, 0.1) is 40.1 Å². The topological polar surface area (TPSA) is 110 Å². The van der Waals surface area contributed by atoms with Crippen LogP contribution in [0.2, 0.25) is 0 Å². The molecular formula is C28H20BrN3O6. The molecular weight excluding hydrogens is 554 g/mol. The molecule has 0 unspecified atom stereocenters. The van der Waals surface area contributed by atoms with Crippen LogP contribution in [0.15, 0.2) is 77.4 Å². The van der Waals surface area contributed by atoms with E-state index < -0.39 is 40.7 Å². The number of ketones is 1. The lowest BCUT2D eigenvalue weighted by Gasteiger charge is -2.35. The minimum absolute atomic E-state index is 0.119. The van der Waals surface area contributed by atoms with Crippen LogP contribution in [0.1, 0.15) is 27.5 Å². The van der Waals surface area contributed by atoms with Gasteiger partial charge < -0.3 is 9.64 Å². The number of imide groups is 1. The van der Waals surface area contributed by atoms with Crippen LogP contribution in [0.25, 0.3) is 6.08 Å². The third kappa shape index (κ3) is 3.47. The third-order valence-electron chi connectivity index (χ3n) is 7.47. The number of ether oxygens (including phenoxy) is 1. The molecule has 0 aliphatic carbocycles. The quantitative estimate of drug-likeness (QED) is 0.187. The van der Waals surface area contributed by atoms with Crippen molar-refractivity contribution in [1.82, 2.24) is 4.90 Å². The molecule has 4 atom stereocenters. The van der Waals surface area contributed by atoms with Gasteiger partial charge in [-0.3, -0.25) is 24.5 Å². The number of hydrogen-bond acceptors (Lipinski definition) is 7. The van der Waals surface area contributed by atoms with Crippen LogP contribution < -0.4 is 9.64 Å². The maximum atomic E-state index is 14.0. The number of anilines is 1.